The summed E-state index contributed by atoms with van der Waals surface area (Å²) in [6.45, 7) is 6.04. The van der Waals surface area contributed by atoms with Crippen molar-refractivity contribution in [2.75, 3.05) is 0 Å². The lowest BCUT2D eigenvalue weighted by atomic mass is 10.1. The summed E-state index contributed by atoms with van der Waals surface area (Å²) in [7, 11) is 0. The second-order valence-corrected chi connectivity index (χ2v) is 4.61. The maximum absolute atomic E-state index is 4.56. The second-order valence-electron chi connectivity index (χ2n) is 4.61. The standard InChI is InChI=1S/C14H15N5/c1-4-11-10(7-9(3)18-19-11)13-16-12-8(2)5-6-15-14(12)17-13/h5-7H,4H2,1-3H3,(H,15,16,17). The highest BCUT2D eigenvalue weighted by molar-refractivity contribution is 5.79. The van der Waals surface area contributed by atoms with Crippen molar-refractivity contribution in [3.63, 3.8) is 0 Å². The van der Waals surface area contributed by atoms with Crippen molar-refractivity contribution in [2.24, 2.45) is 0 Å². The van der Waals surface area contributed by atoms with E-state index in [1.807, 2.05) is 26.0 Å². The molecular weight excluding hydrogens is 238 g/mol. The van der Waals surface area contributed by atoms with Crippen molar-refractivity contribution < 1.29 is 0 Å². The Kier molecular flexibility index (Phi) is 2.74. The number of aryl methyl sites for hydroxylation is 3. The largest absolute Gasteiger partial charge is 0.336 e. The third kappa shape index (κ3) is 1.97. The zero-order chi connectivity index (χ0) is 13.4. The fourth-order valence-electron chi connectivity index (χ4n) is 2.14. The van der Waals surface area contributed by atoms with Gasteiger partial charge in [0.05, 0.1) is 16.9 Å². The maximum atomic E-state index is 4.56. The van der Waals surface area contributed by atoms with Crippen LogP contribution in [0.25, 0.3) is 22.6 Å². The molecule has 3 aromatic rings. The predicted molar refractivity (Wildman–Crippen MR) is 73.8 cm³/mol. The number of pyridine rings is 1. The van der Waals surface area contributed by atoms with Crippen LogP contribution in [0, 0.1) is 13.8 Å². The quantitative estimate of drug-likeness (QED) is 0.762. The molecule has 3 heterocycles. The Morgan fingerprint density at radius 1 is 1.21 bits per heavy atom. The lowest BCUT2D eigenvalue weighted by Crippen LogP contribution is -1.98. The molecule has 0 aliphatic heterocycles. The predicted octanol–water partition coefficient (Wildman–Crippen LogP) is 2.59. The van der Waals surface area contributed by atoms with Gasteiger partial charge in [0.2, 0.25) is 0 Å². The van der Waals surface area contributed by atoms with E-state index in [0.29, 0.717) is 0 Å². The van der Waals surface area contributed by atoms with Crippen molar-refractivity contribution in [1.29, 1.82) is 0 Å². The minimum absolute atomic E-state index is 0.742. The molecule has 0 amide bonds. The molecule has 0 aromatic carbocycles. The molecule has 19 heavy (non-hydrogen) atoms. The highest BCUT2D eigenvalue weighted by Gasteiger charge is 2.12. The van der Waals surface area contributed by atoms with Crippen molar-refractivity contribution >= 4 is 11.2 Å². The molecule has 0 radical (unpaired) electrons. The van der Waals surface area contributed by atoms with E-state index in [0.717, 1.165) is 45.9 Å². The van der Waals surface area contributed by atoms with Gasteiger partial charge in [0, 0.05) is 11.8 Å². The summed E-state index contributed by atoms with van der Waals surface area (Å²) < 4.78 is 0. The molecule has 5 heteroatoms. The fraction of sp³-hybridized carbons (Fsp3) is 0.286. The van der Waals surface area contributed by atoms with Crippen LogP contribution in [0.15, 0.2) is 18.3 Å². The highest BCUT2D eigenvalue weighted by atomic mass is 15.1. The van der Waals surface area contributed by atoms with Gasteiger partial charge < -0.3 is 4.98 Å². The van der Waals surface area contributed by atoms with Gasteiger partial charge in [-0.05, 0) is 38.0 Å². The SMILES string of the molecule is CCc1nnc(C)cc1-c1nc2nccc(C)c2[nH]1. The smallest absolute Gasteiger partial charge is 0.178 e. The number of nitrogens with zero attached hydrogens (tertiary/aromatic N) is 4. The molecule has 96 valence electrons. The average Bonchev–Trinajstić information content (AvgIpc) is 2.84. The van der Waals surface area contributed by atoms with Crippen molar-refractivity contribution in [3.05, 3.63) is 35.3 Å². The number of hydrogen-bond donors (Lipinski definition) is 1. The van der Waals surface area contributed by atoms with Gasteiger partial charge in [0.1, 0.15) is 5.82 Å². The van der Waals surface area contributed by atoms with E-state index < -0.39 is 0 Å². The topological polar surface area (TPSA) is 67.3 Å². The number of H-pyrrole nitrogens is 1. The Morgan fingerprint density at radius 3 is 2.79 bits per heavy atom. The van der Waals surface area contributed by atoms with Crippen LogP contribution in [-0.2, 0) is 6.42 Å². The van der Waals surface area contributed by atoms with E-state index in [4.69, 9.17) is 0 Å². The van der Waals surface area contributed by atoms with Gasteiger partial charge in [-0.25, -0.2) is 9.97 Å². The average molecular weight is 253 g/mol. The van der Waals surface area contributed by atoms with Crippen LogP contribution in [0.5, 0.6) is 0 Å². The molecule has 1 N–H and O–H groups in total. The normalized spacial score (nSPS) is 11.1. The van der Waals surface area contributed by atoms with E-state index in [1.54, 1.807) is 6.20 Å². The van der Waals surface area contributed by atoms with Crippen molar-refractivity contribution in [2.45, 2.75) is 27.2 Å². The van der Waals surface area contributed by atoms with Crippen LogP contribution < -0.4 is 0 Å². The molecule has 0 atom stereocenters. The summed E-state index contributed by atoms with van der Waals surface area (Å²) in [6, 6.07) is 3.99. The first kappa shape index (κ1) is 11.8. The number of aromatic amines is 1. The number of nitrogens with one attached hydrogen (secondary N) is 1. The molecule has 0 saturated heterocycles. The van der Waals surface area contributed by atoms with Gasteiger partial charge in [0.15, 0.2) is 5.65 Å². The van der Waals surface area contributed by atoms with Crippen LogP contribution in [0.3, 0.4) is 0 Å². The number of hydrogen-bond acceptors (Lipinski definition) is 4. The molecule has 0 unspecified atom stereocenters. The number of aromatic nitrogens is 5. The van der Waals surface area contributed by atoms with E-state index >= 15 is 0 Å². The van der Waals surface area contributed by atoms with Crippen LogP contribution in [0.4, 0.5) is 0 Å². The lowest BCUT2D eigenvalue weighted by molar-refractivity contribution is 0.893. The maximum Gasteiger partial charge on any atom is 0.178 e. The van der Waals surface area contributed by atoms with Gasteiger partial charge in [-0.1, -0.05) is 6.92 Å². The summed E-state index contributed by atoms with van der Waals surface area (Å²) in [5.41, 5.74) is 5.70. The highest BCUT2D eigenvalue weighted by Crippen LogP contribution is 2.23. The van der Waals surface area contributed by atoms with E-state index in [2.05, 4.69) is 32.1 Å². The molecule has 3 rings (SSSR count). The fourth-order valence-corrected chi connectivity index (χ4v) is 2.14. The first-order valence-corrected chi connectivity index (χ1v) is 6.34. The van der Waals surface area contributed by atoms with Crippen LogP contribution in [0.2, 0.25) is 0 Å². The zero-order valence-electron chi connectivity index (χ0n) is 11.2. The number of rotatable bonds is 2. The Labute approximate surface area is 111 Å². The van der Waals surface area contributed by atoms with Gasteiger partial charge >= 0.3 is 0 Å². The Morgan fingerprint density at radius 2 is 2.05 bits per heavy atom. The molecular formula is C14H15N5. The first-order chi connectivity index (χ1) is 9.19. The van der Waals surface area contributed by atoms with E-state index in [1.165, 1.54) is 0 Å². The van der Waals surface area contributed by atoms with E-state index in [-0.39, 0.29) is 0 Å². The Hall–Kier alpha value is -2.30. The summed E-state index contributed by atoms with van der Waals surface area (Å²) >= 11 is 0. The molecule has 0 spiro atoms. The third-order valence-corrected chi connectivity index (χ3v) is 3.18. The molecule has 5 nitrogen and oxygen atoms in total. The van der Waals surface area contributed by atoms with Gasteiger partial charge in [0.25, 0.3) is 0 Å². The Bertz CT molecular complexity index is 745. The van der Waals surface area contributed by atoms with Crippen LogP contribution in [-0.4, -0.2) is 25.1 Å². The molecule has 0 saturated carbocycles. The third-order valence-electron chi connectivity index (χ3n) is 3.18. The van der Waals surface area contributed by atoms with Gasteiger partial charge in [-0.3, -0.25) is 0 Å². The minimum Gasteiger partial charge on any atom is -0.336 e. The summed E-state index contributed by atoms with van der Waals surface area (Å²) in [5.74, 6) is 0.812. The number of imidazole rings is 1. The first-order valence-electron chi connectivity index (χ1n) is 6.34. The van der Waals surface area contributed by atoms with Crippen molar-refractivity contribution in [3.8, 4) is 11.4 Å². The van der Waals surface area contributed by atoms with Crippen molar-refractivity contribution in [1.82, 2.24) is 25.1 Å². The lowest BCUT2D eigenvalue weighted by Gasteiger charge is -2.03. The summed E-state index contributed by atoms with van der Waals surface area (Å²) in [4.78, 5) is 12.2. The molecule has 0 aliphatic carbocycles. The van der Waals surface area contributed by atoms with Gasteiger partial charge in [-0.2, -0.15) is 10.2 Å². The minimum atomic E-state index is 0.742. The molecule has 0 bridgehead atoms. The van der Waals surface area contributed by atoms with Crippen LogP contribution >= 0.6 is 0 Å². The van der Waals surface area contributed by atoms with E-state index in [9.17, 15) is 0 Å². The molecule has 3 aromatic heterocycles. The number of fused-ring (bicyclic) bond motifs is 1. The summed E-state index contributed by atoms with van der Waals surface area (Å²) in [6.07, 6.45) is 2.60. The monoisotopic (exact) mass is 253 g/mol. The zero-order valence-corrected chi connectivity index (χ0v) is 11.2. The van der Waals surface area contributed by atoms with Gasteiger partial charge in [-0.15, -0.1) is 0 Å². The molecule has 0 aliphatic rings. The second kappa shape index (κ2) is 4.42. The Balaban J connectivity index is 2.24. The molecule has 0 fully saturated rings. The summed E-state index contributed by atoms with van der Waals surface area (Å²) in [5, 5.41) is 8.34. The van der Waals surface area contributed by atoms with Crippen LogP contribution in [0.1, 0.15) is 23.9 Å².